The first kappa shape index (κ1) is 25.8. The van der Waals surface area contributed by atoms with Crippen LogP contribution < -0.4 is 4.74 Å². The van der Waals surface area contributed by atoms with E-state index in [1.807, 2.05) is 13.8 Å². The van der Waals surface area contributed by atoms with Gasteiger partial charge in [0.15, 0.2) is 0 Å². The van der Waals surface area contributed by atoms with Crippen LogP contribution in [0.4, 0.5) is 13.2 Å². The Kier molecular flexibility index (Phi) is 7.68. The standard InChI is InChI=1S/C27H31F3N4O2/c1-19(2)34(26(35)25-16-32(3)18-31-25)15-20-6-11-24(28)23(14-20)21-7-9-22(10-8-21)36-27(29,30)17-33-12-4-5-13-33/h6-11,14,16,18-19H,4-5,12-13,15,17H2,1-3H3. The molecule has 0 saturated carbocycles. The zero-order chi connectivity index (χ0) is 25.9. The van der Waals surface area contributed by atoms with Gasteiger partial charge in [-0.3, -0.25) is 9.69 Å². The molecule has 1 fully saturated rings. The number of carbonyl (C=O) groups is 1. The van der Waals surface area contributed by atoms with Crippen LogP contribution in [0.2, 0.25) is 0 Å². The first-order chi connectivity index (χ1) is 17.1. The molecule has 0 unspecified atom stereocenters. The van der Waals surface area contributed by atoms with Gasteiger partial charge in [-0.15, -0.1) is 0 Å². The average Bonchev–Trinajstić information content (AvgIpc) is 3.49. The van der Waals surface area contributed by atoms with Gasteiger partial charge < -0.3 is 14.2 Å². The van der Waals surface area contributed by atoms with Crippen molar-refractivity contribution < 1.29 is 22.7 Å². The molecule has 0 N–H and O–H groups in total. The van der Waals surface area contributed by atoms with Gasteiger partial charge in [-0.2, -0.15) is 8.78 Å². The van der Waals surface area contributed by atoms with Gasteiger partial charge in [0.05, 0.1) is 6.33 Å². The van der Waals surface area contributed by atoms with Gasteiger partial charge >= 0.3 is 6.11 Å². The summed E-state index contributed by atoms with van der Waals surface area (Å²) in [6, 6.07) is 10.5. The Hall–Kier alpha value is -3.33. The van der Waals surface area contributed by atoms with Gasteiger partial charge in [-0.05, 0) is 75.2 Å². The molecule has 0 aliphatic carbocycles. The van der Waals surface area contributed by atoms with E-state index in [0.717, 1.165) is 18.4 Å². The number of aromatic nitrogens is 2. The molecule has 2 heterocycles. The van der Waals surface area contributed by atoms with Crippen LogP contribution in [0.1, 0.15) is 42.7 Å². The fourth-order valence-corrected chi connectivity index (χ4v) is 4.36. The van der Waals surface area contributed by atoms with E-state index in [9.17, 15) is 18.0 Å². The summed E-state index contributed by atoms with van der Waals surface area (Å²) in [4.78, 5) is 20.5. The summed E-state index contributed by atoms with van der Waals surface area (Å²) in [5.41, 5.74) is 1.92. The summed E-state index contributed by atoms with van der Waals surface area (Å²) in [6.45, 7) is 4.93. The zero-order valence-electron chi connectivity index (χ0n) is 20.8. The maximum atomic E-state index is 14.7. The maximum Gasteiger partial charge on any atom is 0.410 e. The van der Waals surface area contributed by atoms with E-state index in [-0.39, 0.29) is 24.2 Å². The number of aryl methyl sites for hydroxylation is 1. The van der Waals surface area contributed by atoms with Crippen molar-refractivity contribution in [2.24, 2.45) is 7.05 Å². The molecule has 1 aliphatic rings. The summed E-state index contributed by atoms with van der Waals surface area (Å²) in [7, 11) is 1.79. The van der Waals surface area contributed by atoms with Gasteiger partial charge in [0, 0.05) is 31.4 Å². The third-order valence-electron chi connectivity index (χ3n) is 6.23. The molecule has 1 amide bonds. The molecule has 0 spiro atoms. The molecule has 3 aromatic rings. The Labute approximate surface area is 209 Å². The molecule has 1 saturated heterocycles. The van der Waals surface area contributed by atoms with E-state index in [1.54, 1.807) is 58.2 Å². The maximum absolute atomic E-state index is 14.7. The van der Waals surface area contributed by atoms with Crippen LogP contribution >= 0.6 is 0 Å². The summed E-state index contributed by atoms with van der Waals surface area (Å²) < 4.78 is 50.0. The van der Waals surface area contributed by atoms with E-state index in [0.29, 0.717) is 29.9 Å². The van der Waals surface area contributed by atoms with Crippen molar-refractivity contribution >= 4 is 5.91 Å². The normalized spacial score (nSPS) is 14.4. The minimum atomic E-state index is -3.31. The number of nitrogens with zero attached hydrogens (tertiary/aromatic N) is 4. The molecule has 0 atom stereocenters. The van der Waals surface area contributed by atoms with Crippen molar-refractivity contribution in [3.05, 3.63) is 72.1 Å². The molecule has 36 heavy (non-hydrogen) atoms. The Morgan fingerprint density at radius 2 is 1.83 bits per heavy atom. The molecule has 9 heteroatoms. The number of carbonyl (C=O) groups excluding carboxylic acids is 1. The lowest BCUT2D eigenvalue weighted by Crippen LogP contribution is -2.39. The first-order valence-electron chi connectivity index (χ1n) is 12.1. The Morgan fingerprint density at radius 3 is 2.44 bits per heavy atom. The van der Waals surface area contributed by atoms with Crippen LogP contribution in [0, 0.1) is 5.82 Å². The second-order valence-corrected chi connectivity index (χ2v) is 9.51. The molecular weight excluding hydrogens is 469 g/mol. The van der Waals surface area contributed by atoms with Gasteiger partial charge in [-0.1, -0.05) is 18.2 Å². The predicted molar refractivity (Wildman–Crippen MR) is 131 cm³/mol. The third kappa shape index (κ3) is 6.26. The fraction of sp³-hybridized carbons (Fsp3) is 0.407. The summed E-state index contributed by atoms with van der Waals surface area (Å²) in [5.74, 6) is -0.641. The van der Waals surface area contributed by atoms with Crippen molar-refractivity contribution in [3.8, 4) is 16.9 Å². The number of ether oxygens (including phenoxy) is 1. The van der Waals surface area contributed by atoms with E-state index >= 15 is 0 Å². The van der Waals surface area contributed by atoms with Crippen molar-refractivity contribution in [3.63, 3.8) is 0 Å². The molecule has 6 nitrogen and oxygen atoms in total. The van der Waals surface area contributed by atoms with Crippen LogP contribution in [0.15, 0.2) is 55.0 Å². The monoisotopic (exact) mass is 500 g/mol. The number of imidazole rings is 1. The van der Waals surface area contributed by atoms with Crippen molar-refractivity contribution in [1.29, 1.82) is 0 Å². The molecule has 2 aromatic carbocycles. The number of hydrogen-bond acceptors (Lipinski definition) is 4. The highest BCUT2D eigenvalue weighted by Crippen LogP contribution is 2.29. The Balaban J connectivity index is 1.48. The van der Waals surface area contributed by atoms with E-state index in [2.05, 4.69) is 4.98 Å². The number of halogens is 3. The number of amides is 1. The predicted octanol–water partition coefficient (Wildman–Crippen LogP) is 5.34. The molecule has 1 aliphatic heterocycles. The van der Waals surface area contributed by atoms with Crippen molar-refractivity contribution in [2.45, 2.75) is 45.4 Å². The van der Waals surface area contributed by atoms with E-state index in [1.165, 1.54) is 18.2 Å². The molecular formula is C27H31F3N4O2. The van der Waals surface area contributed by atoms with Gasteiger partial charge in [0.1, 0.15) is 23.8 Å². The Morgan fingerprint density at radius 1 is 1.14 bits per heavy atom. The summed E-state index contributed by atoms with van der Waals surface area (Å²) >= 11 is 0. The SMILES string of the molecule is CC(C)N(Cc1ccc(F)c(-c2ccc(OC(F)(F)CN3CCCC3)cc2)c1)C(=O)c1cn(C)cn1. The Bertz CT molecular complexity index is 1190. The number of hydrogen-bond donors (Lipinski definition) is 0. The highest BCUT2D eigenvalue weighted by Gasteiger charge is 2.35. The lowest BCUT2D eigenvalue weighted by molar-refractivity contribution is -0.186. The van der Waals surface area contributed by atoms with Gasteiger partial charge in [0.25, 0.3) is 5.91 Å². The van der Waals surface area contributed by atoms with Crippen LogP contribution in [0.5, 0.6) is 5.75 Å². The number of benzene rings is 2. The molecule has 4 rings (SSSR count). The quantitative estimate of drug-likeness (QED) is 0.398. The topological polar surface area (TPSA) is 50.6 Å². The summed E-state index contributed by atoms with van der Waals surface area (Å²) in [6.07, 6.45) is 1.75. The van der Waals surface area contributed by atoms with E-state index in [4.69, 9.17) is 4.74 Å². The molecule has 0 bridgehead atoms. The first-order valence-corrected chi connectivity index (χ1v) is 12.1. The van der Waals surface area contributed by atoms with Crippen molar-refractivity contribution in [1.82, 2.24) is 19.4 Å². The lowest BCUT2D eigenvalue weighted by atomic mass is 10.0. The zero-order valence-corrected chi connectivity index (χ0v) is 20.8. The average molecular weight is 501 g/mol. The van der Waals surface area contributed by atoms with Crippen LogP contribution in [-0.2, 0) is 13.6 Å². The van der Waals surface area contributed by atoms with Gasteiger partial charge in [0.2, 0.25) is 0 Å². The van der Waals surface area contributed by atoms with Gasteiger partial charge in [-0.25, -0.2) is 9.37 Å². The number of alkyl halides is 2. The smallest absolute Gasteiger partial charge is 0.410 e. The highest BCUT2D eigenvalue weighted by molar-refractivity contribution is 5.92. The molecule has 1 aromatic heterocycles. The minimum absolute atomic E-state index is 0.0199. The minimum Gasteiger partial charge on any atom is -0.432 e. The molecule has 0 radical (unpaired) electrons. The highest BCUT2D eigenvalue weighted by atomic mass is 19.3. The van der Waals surface area contributed by atoms with E-state index < -0.39 is 18.5 Å². The second kappa shape index (κ2) is 10.7. The lowest BCUT2D eigenvalue weighted by Gasteiger charge is -2.26. The third-order valence-corrected chi connectivity index (χ3v) is 6.23. The number of rotatable bonds is 9. The van der Waals surface area contributed by atoms with Crippen LogP contribution in [0.3, 0.4) is 0 Å². The number of likely N-dealkylation sites (tertiary alicyclic amines) is 1. The van der Waals surface area contributed by atoms with Crippen LogP contribution in [0.25, 0.3) is 11.1 Å². The molecule has 192 valence electrons. The second-order valence-electron chi connectivity index (χ2n) is 9.51. The van der Waals surface area contributed by atoms with Crippen LogP contribution in [-0.4, -0.2) is 57.0 Å². The fourth-order valence-electron chi connectivity index (χ4n) is 4.36. The summed E-state index contributed by atoms with van der Waals surface area (Å²) in [5, 5.41) is 0. The van der Waals surface area contributed by atoms with Crippen molar-refractivity contribution in [2.75, 3.05) is 19.6 Å². The largest absolute Gasteiger partial charge is 0.432 e.